The molecule has 4 heteroatoms. The molecule has 0 aliphatic carbocycles. The highest BCUT2D eigenvalue weighted by Gasteiger charge is 2.24. The quantitative estimate of drug-likeness (QED) is 0.810. The second-order valence-corrected chi connectivity index (χ2v) is 5.03. The highest BCUT2D eigenvalue weighted by molar-refractivity contribution is 5.87. The third-order valence-electron chi connectivity index (χ3n) is 3.70. The lowest BCUT2D eigenvalue weighted by Gasteiger charge is -2.23. The van der Waals surface area contributed by atoms with E-state index in [0.717, 1.165) is 23.9 Å². The molecule has 0 unspecified atom stereocenters. The molecular weight excluding hydrogens is 264 g/mol. The molecule has 2 aromatic rings. The average Bonchev–Trinajstić information content (AvgIpc) is 2.54. The first kappa shape index (κ1) is 13.5. The summed E-state index contributed by atoms with van der Waals surface area (Å²) < 4.78 is 12.9. The van der Waals surface area contributed by atoms with Crippen molar-refractivity contribution in [1.82, 2.24) is 0 Å². The van der Waals surface area contributed by atoms with Gasteiger partial charge in [-0.2, -0.15) is 4.58 Å². The Hall–Kier alpha value is -2.49. The summed E-state index contributed by atoms with van der Waals surface area (Å²) >= 11 is 0. The molecule has 21 heavy (non-hydrogen) atoms. The molecule has 0 amide bonds. The van der Waals surface area contributed by atoms with Gasteiger partial charge in [0.1, 0.15) is 5.75 Å². The summed E-state index contributed by atoms with van der Waals surface area (Å²) in [6.45, 7) is 0.777. The van der Waals surface area contributed by atoms with Gasteiger partial charge >= 0.3 is 0 Å². The molecule has 0 spiro atoms. The molecule has 0 saturated heterocycles. The Kier molecular flexibility index (Phi) is 3.52. The first-order chi connectivity index (χ1) is 10.2. The van der Waals surface area contributed by atoms with Crippen molar-refractivity contribution in [2.45, 2.75) is 0 Å². The number of fused-ring (bicyclic) bond motifs is 1. The van der Waals surface area contributed by atoms with Crippen LogP contribution in [-0.2, 0) is 0 Å². The van der Waals surface area contributed by atoms with Crippen molar-refractivity contribution in [2.24, 2.45) is 0 Å². The summed E-state index contributed by atoms with van der Waals surface area (Å²) in [4.78, 5) is 2.22. The van der Waals surface area contributed by atoms with E-state index in [1.54, 1.807) is 14.2 Å². The van der Waals surface area contributed by atoms with Gasteiger partial charge in [-0.25, -0.2) is 0 Å². The van der Waals surface area contributed by atoms with E-state index < -0.39 is 0 Å². The van der Waals surface area contributed by atoms with Crippen molar-refractivity contribution in [3.8, 4) is 11.5 Å². The van der Waals surface area contributed by atoms with Gasteiger partial charge in [-0.15, -0.1) is 0 Å². The standard InChI is InChI=1S/C17H19N2O2/c1-18-12-19(11-13-6-4-5-7-15(13)18)16-9-8-14(20-2)10-17(16)21-3/h4-11H,12H2,1-3H3/q+1. The Labute approximate surface area is 124 Å². The van der Waals surface area contributed by atoms with Crippen molar-refractivity contribution in [3.63, 3.8) is 0 Å². The minimum absolute atomic E-state index is 0.777. The molecule has 0 saturated carbocycles. The van der Waals surface area contributed by atoms with Gasteiger partial charge < -0.3 is 14.4 Å². The first-order valence-electron chi connectivity index (χ1n) is 6.86. The van der Waals surface area contributed by atoms with Crippen LogP contribution in [0.1, 0.15) is 5.56 Å². The number of hydrogen-bond donors (Lipinski definition) is 0. The number of nitrogens with zero attached hydrogens (tertiary/aromatic N) is 2. The summed E-state index contributed by atoms with van der Waals surface area (Å²) in [6.07, 6.45) is 2.15. The largest absolute Gasteiger partial charge is 0.497 e. The van der Waals surface area contributed by atoms with Crippen LogP contribution in [0.3, 0.4) is 0 Å². The SMILES string of the molecule is COc1ccc([N+]2=Cc3ccccc3N(C)C2)c(OC)c1. The maximum Gasteiger partial charge on any atom is 0.249 e. The molecule has 0 N–H and O–H groups in total. The third-order valence-corrected chi connectivity index (χ3v) is 3.70. The van der Waals surface area contributed by atoms with Gasteiger partial charge in [-0.05, 0) is 18.2 Å². The number of benzene rings is 2. The van der Waals surface area contributed by atoms with E-state index in [9.17, 15) is 0 Å². The normalized spacial score (nSPS) is 13.5. The van der Waals surface area contributed by atoms with Crippen LogP contribution in [-0.4, -0.2) is 38.7 Å². The molecule has 1 aliphatic heterocycles. The fraction of sp³-hybridized carbons (Fsp3) is 0.235. The van der Waals surface area contributed by atoms with Crippen LogP contribution in [0.2, 0.25) is 0 Å². The number of hydrogen-bond acceptors (Lipinski definition) is 3. The van der Waals surface area contributed by atoms with E-state index >= 15 is 0 Å². The van der Waals surface area contributed by atoms with Crippen LogP contribution in [0.4, 0.5) is 11.4 Å². The highest BCUT2D eigenvalue weighted by Crippen LogP contribution is 2.33. The molecule has 0 radical (unpaired) electrons. The maximum atomic E-state index is 5.50. The topological polar surface area (TPSA) is 24.7 Å². The van der Waals surface area contributed by atoms with E-state index in [4.69, 9.17) is 9.47 Å². The van der Waals surface area contributed by atoms with Crippen LogP contribution in [0.15, 0.2) is 42.5 Å². The molecule has 1 heterocycles. The van der Waals surface area contributed by atoms with Crippen molar-refractivity contribution >= 4 is 17.6 Å². The summed E-state index contributed by atoms with van der Waals surface area (Å²) in [7, 11) is 5.43. The van der Waals surface area contributed by atoms with Gasteiger partial charge in [0, 0.05) is 19.2 Å². The zero-order valence-corrected chi connectivity index (χ0v) is 12.5. The maximum absolute atomic E-state index is 5.50. The van der Waals surface area contributed by atoms with E-state index in [-0.39, 0.29) is 0 Å². The van der Waals surface area contributed by atoms with Gasteiger partial charge in [-0.3, -0.25) is 0 Å². The van der Waals surface area contributed by atoms with Crippen LogP contribution >= 0.6 is 0 Å². The van der Waals surface area contributed by atoms with Gasteiger partial charge in [0.2, 0.25) is 12.4 Å². The monoisotopic (exact) mass is 283 g/mol. The number of ether oxygens (including phenoxy) is 2. The molecule has 2 aromatic carbocycles. The lowest BCUT2D eigenvalue weighted by Crippen LogP contribution is -2.32. The molecule has 0 bridgehead atoms. The molecule has 0 aromatic heterocycles. The molecular formula is C17H19N2O2+. The van der Waals surface area contributed by atoms with Gasteiger partial charge in [0.25, 0.3) is 0 Å². The lowest BCUT2D eigenvalue weighted by molar-refractivity contribution is -0.436. The molecule has 0 fully saturated rings. The second kappa shape index (κ2) is 5.48. The van der Waals surface area contributed by atoms with E-state index in [2.05, 4.69) is 47.0 Å². The Morgan fingerprint density at radius 2 is 1.86 bits per heavy atom. The van der Waals surface area contributed by atoms with Gasteiger partial charge in [-0.1, -0.05) is 12.1 Å². The summed E-state index contributed by atoms with van der Waals surface area (Å²) in [5, 5.41) is 0. The Morgan fingerprint density at radius 1 is 1.05 bits per heavy atom. The van der Waals surface area contributed by atoms with E-state index in [0.29, 0.717) is 0 Å². The summed E-state index contributed by atoms with van der Waals surface area (Å²) in [5.41, 5.74) is 3.46. The molecule has 108 valence electrons. The number of rotatable bonds is 3. The third kappa shape index (κ3) is 2.44. The Bertz CT molecular complexity index is 695. The Morgan fingerprint density at radius 3 is 2.62 bits per heavy atom. The lowest BCUT2D eigenvalue weighted by atomic mass is 10.1. The van der Waals surface area contributed by atoms with Crippen molar-refractivity contribution in [1.29, 1.82) is 0 Å². The van der Waals surface area contributed by atoms with Crippen molar-refractivity contribution in [3.05, 3.63) is 48.0 Å². The van der Waals surface area contributed by atoms with Crippen LogP contribution in [0.25, 0.3) is 0 Å². The number of para-hydroxylation sites is 1. The van der Waals surface area contributed by atoms with Gasteiger partial charge in [0.15, 0.2) is 12.0 Å². The predicted octanol–water partition coefficient (Wildman–Crippen LogP) is 2.87. The molecule has 4 nitrogen and oxygen atoms in total. The van der Waals surface area contributed by atoms with Crippen molar-refractivity contribution in [2.75, 3.05) is 32.8 Å². The zero-order chi connectivity index (χ0) is 14.8. The predicted molar refractivity (Wildman–Crippen MR) is 84.3 cm³/mol. The fourth-order valence-corrected chi connectivity index (χ4v) is 2.63. The van der Waals surface area contributed by atoms with Crippen molar-refractivity contribution < 1.29 is 14.0 Å². The van der Waals surface area contributed by atoms with E-state index in [1.165, 1.54) is 11.3 Å². The molecule has 1 aliphatic rings. The van der Waals surface area contributed by atoms with Crippen LogP contribution < -0.4 is 14.4 Å². The summed E-state index contributed by atoms with van der Waals surface area (Å²) in [5.74, 6) is 1.60. The minimum atomic E-state index is 0.777. The average molecular weight is 283 g/mol. The highest BCUT2D eigenvalue weighted by atomic mass is 16.5. The molecule has 0 atom stereocenters. The van der Waals surface area contributed by atoms with E-state index in [1.807, 2.05) is 18.2 Å². The minimum Gasteiger partial charge on any atom is -0.497 e. The first-order valence-corrected chi connectivity index (χ1v) is 6.86. The molecule has 3 rings (SSSR count). The fourth-order valence-electron chi connectivity index (χ4n) is 2.63. The zero-order valence-electron chi connectivity index (χ0n) is 12.5. The second-order valence-electron chi connectivity index (χ2n) is 5.03. The summed E-state index contributed by atoms with van der Waals surface area (Å²) in [6, 6.07) is 14.2. The van der Waals surface area contributed by atoms with Crippen LogP contribution in [0.5, 0.6) is 11.5 Å². The van der Waals surface area contributed by atoms with Crippen LogP contribution in [0, 0.1) is 0 Å². The smallest absolute Gasteiger partial charge is 0.249 e. The Balaban J connectivity index is 2.08. The number of anilines is 1. The van der Waals surface area contributed by atoms with Gasteiger partial charge in [0.05, 0.1) is 25.5 Å². The number of methoxy groups -OCH3 is 2.